The van der Waals surface area contributed by atoms with E-state index >= 15 is 0 Å². The van der Waals surface area contributed by atoms with Crippen molar-refractivity contribution in [2.45, 2.75) is 44.8 Å². The third-order valence-electron chi connectivity index (χ3n) is 8.23. The number of oxazole rings is 1. The van der Waals surface area contributed by atoms with Gasteiger partial charge in [-0.1, -0.05) is 11.3 Å². The van der Waals surface area contributed by atoms with Crippen LogP contribution in [0.25, 0.3) is 21.8 Å². The van der Waals surface area contributed by atoms with Crippen LogP contribution in [-0.4, -0.2) is 95.5 Å². The van der Waals surface area contributed by atoms with Crippen molar-refractivity contribution >= 4 is 50.8 Å². The van der Waals surface area contributed by atoms with Gasteiger partial charge in [-0.2, -0.15) is 9.97 Å². The van der Waals surface area contributed by atoms with Gasteiger partial charge < -0.3 is 28.8 Å². The molecule has 4 aromatic rings. The van der Waals surface area contributed by atoms with Gasteiger partial charge in [0.05, 0.1) is 31.1 Å². The molecule has 2 aliphatic heterocycles. The molecule has 4 aromatic heterocycles. The molecule has 3 aliphatic rings. The Morgan fingerprint density at radius 3 is 2.50 bits per heavy atom. The molecule has 1 saturated carbocycles. The van der Waals surface area contributed by atoms with Crippen molar-refractivity contribution in [1.29, 1.82) is 0 Å². The molecule has 0 unspecified atom stereocenters. The SMILES string of the molecule is Cc1cc(-c2nc(C(=O)Nc3cc4sc(N5CCOCC5)nc4nc3OC3CCC(N4CCOCC4)CC3)co2)ccn1.Cl. The average molecular weight is 642 g/mol. The molecule has 0 aromatic carbocycles. The lowest BCUT2D eigenvalue weighted by molar-refractivity contribution is -0.00130. The zero-order valence-corrected chi connectivity index (χ0v) is 26.2. The number of carbonyl (C=O) groups excluding carboxylic acids is 1. The topological polar surface area (TPSA) is 128 Å². The molecule has 1 N–H and O–H groups in total. The van der Waals surface area contributed by atoms with Crippen LogP contribution in [0.3, 0.4) is 0 Å². The molecule has 6 heterocycles. The Hall–Kier alpha value is -3.36. The van der Waals surface area contributed by atoms with Crippen LogP contribution in [0.4, 0.5) is 10.8 Å². The number of anilines is 2. The molecule has 12 nitrogen and oxygen atoms in total. The molecule has 0 radical (unpaired) electrons. The van der Waals surface area contributed by atoms with E-state index in [2.05, 4.69) is 25.1 Å². The summed E-state index contributed by atoms with van der Waals surface area (Å²) in [7, 11) is 0. The number of morpholine rings is 2. The van der Waals surface area contributed by atoms with Gasteiger partial charge >= 0.3 is 0 Å². The van der Waals surface area contributed by atoms with Gasteiger partial charge in [-0.05, 0) is 50.8 Å². The van der Waals surface area contributed by atoms with Crippen LogP contribution in [0.1, 0.15) is 41.9 Å². The van der Waals surface area contributed by atoms with Gasteiger partial charge in [0.25, 0.3) is 5.91 Å². The van der Waals surface area contributed by atoms with Crippen LogP contribution in [0.2, 0.25) is 0 Å². The third-order valence-corrected chi connectivity index (χ3v) is 9.28. The van der Waals surface area contributed by atoms with Crippen molar-refractivity contribution in [2.75, 3.05) is 62.8 Å². The molecule has 0 bridgehead atoms. The van der Waals surface area contributed by atoms with Crippen LogP contribution in [0, 0.1) is 6.92 Å². The zero-order valence-electron chi connectivity index (χ0n) is 24.6. The van der Waals surface area contributed by atoms with Crippen LogP contribution in [0.15, 0.2) is 35.1 Å². The summed E-state index contributed by atoms with van der Waals surface area (Å²) in [4.78, 5) is 36.4. The number of halogens is 1. The van der Waals surface area contributed by atoms with Crippen LogP contribution < -0.4 is 15.0 Å². The fraction of sp³-hybridized carbons (Fsp3) is 0.500. The fourth-order valence-electron chi connectivity index (χ4n) is 5.91. The smallest absolute Gasteiger partial charge is 0.277 e. The maximum atomic E-state index is 13.4. The highest BCUT2D eigenvalue weighted by Crippen LogP contribution is 2.36. The lowest BCUT2D eigenvalue weighted by Crippen LogP contribution is -2.46. The van der Waals surface area contributed by atoms with Gasteiger partial charge in [-0.3, -0.25) is 14.7 Å². The number of ether oxygens (including phenoxy) is 3. The molecule has 0 atom stereocenters. The zero-order chi connectivity index (χ0) is 29.2. The first kappa shape index (κ1) is 30.7. The highest BCUT2D eigenvalue weighted by atomic mass is 35.5. The van der Waals surface area contributed by atoms with Crippen molar-refractivity contribution < 1.29 is 23.4 Å². The summed E-state index contributed by atoms with van der Waals surface area (Å²) in [6.45, 7) is 8.39. The van der Waals surface area contributed by atoms with Crippen LogP contribution in [-0.2, 0) is 9.47 Å². The number of fused-ring (bicyclic) bond motifs is 1. The van der Waals surface area contributed by atoms with E-state index in [0.29, 0.717) is 42.4 Å². The van der Waals surface area contributed by atoms with Crippen LogP contribution >= 0.6 is 23.7 Å². The number of aryl methyl sites for hydroxylation is 1. The molecular formula is C30H36ClN7O5S. The molecule has 3 fully saturated rings. The number of aromatic nitrogens is 4. The Balaban J connectivity index is 0.00000343. The number of nitrogens with one attached hydrogen (secondary N) is 1. The number of nitrogens with zero attached hydrogens (tertiary/aromatic N) is 6. The number of rotatable bonds is 7. The Labute approximate surface area is 265 Å². The monoisotopic (exact) mass is 641 g/mol. The summed E-state index contributed by atoms with van der Waals surface area (Å²) in [6.07, 6.45) is 7.01. The van der Waals surface area contributed by atoms with Crippen molar-refractivity contribution in [3.05, 3.63) is 42.0 Å². The predicted molar refractivity (Wildman–Crippen MR) is 169 cm³/mol. The van der Waals surface area contributed by atoms with Crippen LogP contribution in [0.5, 0.6) is 5.88 Å². The van der Waals surface area contributed by atoms with Gasteiger partial charge in [0.15, 0.2) is 16.5 Å². The molecule has 234 valence electrons. The van der Waals surface area contributed by atoms with Gasteiger partial charge in [-0.15, -0.1) is 12.4 Å². The first-order chi connectivity index (χ1) is 21.1. The van der Waals surface area contributed by atoms with Crippen molar-refractivity contribution in [3.63, 3.8) is 0 Å². The number of hydrogen-bond donors (Lipinski definition) is 1. The summed E-state index contributed by atoms with van der Waals surface area (Å²) >= 11 is 1.55. The number of hydrogen-bond acceptors (Lipinski definition) is 12. The summed E-state index contributed by atoms with van der Waals surface area (Å²) in [5.74, 6) is 0.332. The standard InChI is InChI=1S/C30H35N7O5S.ClH/c1-19-16-20(6-7-31-19)28-33-24(18-41-28)27(38)32-23-17-25-26(35-30(43-25)37-10-14-40-15-11-37)34-29(23)42-22-4-2-21(3-5-22)36-8-12-39-13-9-36;/h6-7,16-18,21-22H,2-5,8-15H2,1H3,(H,32,38);1H. The Morgan fingerprint density at radius 2 is 1.75 bits per heavy atom. The molecule has 44 heavy (non-hydrogen) atoms. The van der Waals surface area contributed by atoms with E-state index in [0.717, 1.165) is 86.2 Å². The minimum absolute atomic E-state index is 0. The van der Waals surface area contributed by atoms with Gasteiger partial charge in [0.1, 0.15) is 18.1 Å². The van der Waals surface area contributed by atoms with Crippen molar-refractivity contribution in [2.24, 2.45) is 0 Å². The third kappa shape index (κ3) is 6.81. The second kappa shape index (κ2) is 13.7. The summed E-state index contributed by atoms with van der Waals surface area (Å²) in [5, 5.41) is 3.88. The first-order valence-corrected chi connectivity index (χ1v) is 15.7. The highest BCUT2D eigenvalue weighted by Gasteiger charge is 2.29. The molecule has 1 amide bonds. The van der Waals surface area contributed by atoms with Gasteiger partial charge in [-0.25, -0.2) is 4.98 Å². The minimum Gasteiger partial charge on any atom is -0.473 e. The van der Waals surface area contributed by atoms with E-state index in [-0.39, 0.29) is 24.2 Å². The van der Waals surface area contributed by atoms with Crippen molar-refractivity contribution in [3.8, 4) is 17.3 Å². The molecular weight excluding hydrogens is 606 g/mol. The first-order valence-electron chi connectivity index (χ1n) is 14.9. The Bertz CT molecular complexity index is 1580. The number of thiazole rings is 1. The highest BCUT2D eigenvalue weighted by molar-refractivity contribution is 7.22. The largest absolute Gasteiger partial charge is 0.473 e. The number of pyridine rings is 2. The average Bonchev–Trinajstić information content (AvgIpc) is 3.70. The second-order valence-corrected chi connectivity index (χ2v) is 12.1. The second-order valence-electron chi connectivity index (χ2n) is 11.1. The lowest BCUT2D eigenvalue weighted by atomic mass is 9.91. The van der Waals surface area contributed by atoms with E-state index < -0.39 is 5.91 Å². The predicted octanol–water partition coefficient (Wildman–Crippen LogP) is 4.58. The molecule has 7 rings (SSSR count). The minimum atomic E-state index is -0.402. The van der Waals surface area contributed by atoms with E-state index in [1.54, 1.807) is 23.6 Å². The van der Waals surface area contributed by atoms with E-state index in [9.17, 15) is 4.79 Å². The van der Waals surface area contributed by atoms with E-state index in [1.807, 2.05) is 19.1 Å². The maximum Gasteiger partial charge on any atom is 0.277 e. The number of amides is 1. The molecule has 1 aliphatic carbocycles. The van der Waals surface area contributed by atoms with E-state index in [1.165, 1.54) is 6.26 Å². The Morgan fingerprint density at radius 1 is 1.00 bits per heavy atom. The summed E-state index contributed by atoms with van der Waals surface area (Å²) in [6, 6.07) is 6.12. The number of carbonyl (C=O) groups is 1. The summed E-state index contributed by atoms with van der Waals surface area (Å²) in [5.41, 5.74) is 2.86. The Kier molecular flexibility index (Phi) is 9.57. The molecule has 14 heteroatoms. The van der Waals surface area contributed by atoms with Gasteiger partial charge in [0, 0.05) is 49.7 Å². The quantitative estimate of drug-likeness (QED) is 0.304. The normalized spacial score (nSPS) is 21.2. The van der Waals surface area contributed by atoms with E-state index in [4.69, 9.17) is 28.6 Å². The lowest BCUT2D eigenvalue weighted by Gasteiger charge is -2.38. The van der Waals surface area contributed by atoms with Gasteiger partial charge in [0.2, 0.25) is 11.8 Å². The maximum absolute atomic E-state index is 13.4. The molecule has 0 spiro atoms. The van der Waals surface area contributed by atoms with Crippen molar-refractivity contribution in [1.82, 2.24) is 24.8 Å². The summed E-state index contributed by atoms with van der Waals surface area (Å²) < 4.78 is 24.1. The molecule has 2 saturated heterocycles. The fourth-order valence-corrected chi connectivity index (χ4v) is 6.91.